The maximum atomic E-state index is 12.5. The van der Waals surface area contributed by atoms with Crippen LogP contribution in [0, 0.1) is 6.92 Å². The average molecular weight is 456 g/mol. The molecule has 0 aliphatic carbocycles. The smallest absolute Gasteiger partial charge is 0.235 e. The number of methoxy groups -OCH3 is 1. The van der Waals surface area contributed by atoms with Crippen molar-refractivity contribution in [2.75, 3.05) is 24.8 Å². The average Bonchev–Trinajstić information content (AvgIpc) is 2.97. The normalized spacial score (nSPS) is 15.6. The SMILES string of the molecule is C=CCOc1ccc(C2SCC(=O)Nc3c2c(C)nn3-c2ccc(Cl)cc2)cc1OC. The molecule has 1 unspecified atom stereocenters. The summed E-state index contributed by atoms with van der Waals surface area (Å²) in [6.45, 7) is 6.03. The maximum absolute atomic E-state index is 12.5. The van der Waals surface area contributed by atoms with Gasteiger partial charge in [-0.15, -0.1) is 11.8 Å². The molecule has 2 heterocycles. The van der Waals surface area contributed by atoms with Gasteiger partial charge in [-0.3, -0.25) is 4.79 Å². The Morgan fingerprint density at radius 3 is 2.77 bits per heavy atom. The van der Waals surface area contributed by atoms with Crippen molar-refractivity contribution in [1.82, 2.24) is 9.78 Å². The molecule has 0 radical (unpaired) electrons. The number of carbonyl (C=O) groups is 1. The Balaban J connectivity index is 1.80. The van der Waals surface area contributed by atoms with Crippen LogP contribution < -0.4 is 14.8 Å². The molecule has 0 saturated carbocycles. The molecule has 2 aromatic carbocycles. The van der Waals surface area contributed by atoms with E-state index in [1.54, 1.807) is 41.8 Å². The van der Waals surface area contributed by atoms with Crippen LogP contribution >= 0.6 is 23.4 Å². The van der Waals surface area contributed by atoms with Crippen molar-refractivity contribution in [3.8, 4) is 17.2 Å². The molecule has 4 rings (SSSR count). The van der Waals surface area contributed by atoms with Gasteiger partial charge in [0.25, 0.3) is 0 Å². The zero-order valence-electron chi connectivity index (χ0n) is 17.2. The number of nitrogens with one attached hydrogen (secondary N) is 1. The quantitative estimate of drug-likeness (QED) is 0.518. The van der Waals surface area contributed by atoms with Crippen molar-refractivity contribution in [3.05, 3.63) is 77.0 Å². The highest BCUT2D eigenvalue weighted by atomic mass is 35.5. The molecule has 160 valence electrons. The minimum absolute atomic E-state index is 0.0678. The number of thioether (sulfide) groups is 1. The number of carbonyl (C=O) groups excluding carboxylic acids is 1. The van der Waals surface area contributed by atoms with E-state index in [1.807, 2.05) is 37.3 Å². The van der Waals surface area contributed by atoms with Gasteiger partial charge in [-0.05, 0) is 48.9 Å². The van der Waals surface area contributed by atoms with Crippen molar-refractivity contribution in [1.29, 1.82) is 0 Å². The molecule has 3 aromatic rings. The lowest BCUT2D eigenvalue weighted by molar-refractivity contribution is -0.113. The van der Waals surface area contributed by atoms with Crippen LogP contribution in [0.1, 0.15) is 22.1 Å². The van der Waals surface area contributed by atoms with Crippen LogP contribution in [0.3, 0.4) is 0 Å². The largest absolute Gasteiger partial charge is 0.493 e. The van der Waals surface area contributed by atoms with E-state index in [1.165, 1.54) is 0 Å². The van der Waals surface area contributed by atoms with E-state index in [9.17, 15) is 4.79 Å². The first-order valence-corrected chi connectivity index (χ1v) is 11.1. The lowest BCUT2D eigenvalue weighted by atomic mass is 10.0. The van der Waals surface area contributed by atoms with Gasteiger partial charge in [0.05, 0.1) is 29.5 Å². The monoisotopic (exact) mass is 455 g/mol. The minimum Gasteiger partial charge on any atom is -0.493 e. The lowest BCUT2D eigenvalue weighted by Crippen LogP contribution is -2.15. The molecule has 1 N–H and O–H groups in total. The zero-order valence-corrected chi connectivity index (χ0v) is 18.8. The second-order valence-electron chi connectivity index (χ2n) is 6.99. The molecule has 0 fully saturated rings. The number of ether oxygens (including phenoxy) is 2. The van der Waals surface area contributed by atoms with Gasteiger partial charge in [-0.2, -0.15) is 5.10 Å². The zero-order chi connectivity index (χ0) is 22.0. The second kappa shape index (κ2) is 9.08. The Hall–Kier alpha value is -2.90. The Morgan fingerprint density at radius 2 is 2.06 bits per heavy atom. The first-order valence-electron chi connectivity index (χ1n) is 9.70. The van der Waals surface area contributed by atoms with Crippen molar-refractivity contribution in [2.24, 2.45) is 0 Å². The summed E-state index contributed by atoms with van der Waals surface area (Å²) in [4.78, 5) is 12.5. The molecule has 1 aromatic heterocycles. The summed E-state index contributed by atoms with van der Waals surface area (Å²) in [5, 5.41) is 8.30. The number of hydrogen-bond acceptors (Lipinski definition) is 5. The maximum Gasteiger partial charge on any atom is 0.235 e. The van der Waals surface area contributed by atoms with Gasteiger partial charge in [-0.1, -0.05) is 30.3 Å². The number of aryl methyl sites for hydroxylation is 1. The van der Waals surface area contributed by atoms with Crippen molar-refractivity contribution >= 4 is 35.1 Å². The van der Waals surface area contributed by atoms with Crippen molar-refractivity contribution in [2.45, 2.75) is 12.2 Å². The van der Waals surface area contributed by atoms with E-state index in [0.29, 0.717) is 34.7 Å². The van der Waals surface area contributed by atoms with E-state index in [2.05, 4.69) is 11.9 Å². The van der Waals surface area contributed by atoms with Gasteiger partial charge in [-0.25, -0.2) is 4.68 Å². The molecule has 1 aliphatic rings. The van der Waals surface area contributed by atoms with Crippen LogP contribution in [0.4, 0.5) is 5.82 Å². The van der Waals surface area contributed by atoms with Crippen LogP contribution in [0.5, 0.6) is 11.5 Å². The fraction of sp³-hybridized carbons (Fsp3) is 0.217. The third-order valence-corrected chi connectivity index (χ3v) is 6.45. The van der Waals surface area contributed by atoms with Gasteiger partial charge in [0, 0.05) is 10.6 Å². The molecule has 0 saturated heterocycles. The van der Waals surface area contributed by atoms with Crippen LogP contribution in [0.25, 0.3) is 5.69 Å². The highest BCUT2D eigenvalue weighted by molar-refractivity contribution is 8.00. The molecular weight excluding hydrogens is 434 g/mol. The molecule has 1 atom stereocenters. The summed E-state index contributed by atoms with van der Waals surface area (Å²) in [6.07, 6.45) is 1.69. The minimum atomic E-state index is -0.0997. The topological polar surface area (TPSA) is 65.4 Å². The van der Waals surface area contributed by atoms with Crippen LogP contribution in [-0.4, -0.2) is 35.2 Å². The predicted octanol–water partition coefficient (Wildman–Crippen LogP) is 5.18. The Morgan fingerprint density at radius 1 is 1.29 bits per heavy atom. The number of anilines is 1. The van der Waals surface area contributed by atoms with Gasteiger partial charge in [0.15, 0.2) is 11.5 Å². The van der Waals surface area contributed by atoms with Crippen LogP contribution in [0.2, 0.25) is 5.02 Å². The number of benzene rings is 2. The van der Waals surface area contributed by atoms with Gasteiger partial charge >= 0.3 is 0 Å². The summed E-state index contributed by atoms with van der Waals surface area (Å²) in [5.74, 6) is 2.21. The fourth-order valence-corrected chi connectivity index (χ4v) is 4.84. The fourth-order valence-electron chi connectivity index (χ4n) is 3.53. The van der Waals surface area contributed by atoms with E-state index in [4.69, 9.17) is 26.2 Å². The molecule has 6 nitrogen and oxygen atoms in total. The van der Waals surface area contributed by atoms with Crippen molar-refractivity contribution < 1.29 is 14.3 Å². The molecule has 1 amide bonds. The molecule has 0 spiro atoms. The van der Waals surface area contributed by atoms with Crippen LogP contribution in [-0.2, 0) is 4.79 Å². The number of nitrogens with zero attached hydrogens (tertiary/aromatic N) is 2. The highest BCUT2D eigenvalue weighted by Gasteiger charge is 2.31. The summed E-state index contributed by atoms with van der Waals surface area (Å²) < 4.78 is 13.0. The first-order chi connectivity index (χ1) is 15.0. The predicted molar refractivity (Wildman–Crippen MR) is 125 cm³/mol. The van der Waals surface area contributed by atoms with E-state index >= 15 is 0 Å². The second-order valence-corrected chi connectivity index (χ2v) is 8.51. The van der Waals surface area contributed by atoms with E-state index < -0.39 is 0 Å². The first kappa shape index (κ1) is 21.3. The highest BCUT2D eigenvalue weighted by Crippen LogP contribution is 2.45. The lowest BCUT2D eigenvalue weighted by Gasteiger charge is -2.18. The standard InChI is InChI=1S/C23H22ClN3O3S/c1-4-11-30-18-10-5-15(12-19(18)29-3)22-21-14(2)26-27(17-8-6-16(24)7-9-17)23(21)25-20(28)13-31-22/h4-10,12,22H,1,11,13H2,2-3H3,(H,25,28). The number of fused-ring (bicyclic) bond motifs is 1. The summed E-state index contributed by atoms with van der Waals surface area (Å²) >= 11 is 7.60. The Kier molecular flexibility index (Phi) is 6.25. The molecule has 8 heteroatoms. The number of aromatic nitrogens is 2. The summed E-state index contributed by atoms with van der Waals surface area (Å²) in [7, 11) is 1.61. The Bertz CT molecular complexity index is 1130. The van der Waals surface area contributed by atoms with E-state index in [0.717, 1.165) is 22.5 Å². The van der Waals surface area contributed by atoms with Gasteiger partial charge in [0.1, 0.15) is 12.4 Å². The summed E-state index contributed by atoms with van der Waals surface area (Å²) in [5.41, 5.74) is 3.64. The third kappa shape index (κ3) is 4.29. The number of amides is 1. The van der Waals surface area contributed by atoms with Gasteiger partial charge < -0.3 is 14.8 Å². The Labute approximate surface area is 190 Å². The van der Waals surface area contributed by atoms with Gasteiger partial charge in [0.2, 0.25) is 5.91 Å². The molecule has 0 bridgehead atoms. The van der Waals surface area contributed by atoms with E-state index in [-0.39, 0.29) is 11.2 Å². The summed E-state index contributed by atoms with van der Waals surface area (Å²) in [6, 6.07) is 13.2. The molecular formula is C23H22ClN3O3S. The molecule has 31 heavy (non-hydrogen) atoms. The molecule has 1 aliphatic heterocycles. The van der Waals surface area contributed by atoms with Crippen LogP contribution in [0.15, 0.2) is 55.1 Å². The number of halogens is 1. The number of rotatable bonds is 6. The third-order valence-electron chi connectivity index (χ3n) is 4.93. The number of hydrogen-bond donors (Lipinski definition) is 1. The van der Waals surface area contributed by atoms with Crippen molar-refractivity contribution in [3.63, 3.8) is 0 Å².